The molecule has 1 fully saturated rings. The molecule has 0 spiro atoms. The molecule has 2 aliphatic rings. The van der Waals surface area contributed by atoms with E-state index in [-0.39, 0.29) is 11.8 Å². The highest BCUT2D eigenvalue weighted by atomic mass is 16.2. The number of nitrogens with zero attached hydrogens (tertiary/aromatic N) is 5. The predicted molar refractivity (Wildman–Crippen MR) is 104 cm³/mol. The van der Waals surface area contributed by atoms with Crippen molar-refractivity contribution in [2.45, 2.75) is 44.6 Å². The monoisotopic (exact) mass is 376 g/mol. The van der Waals surface area contributed by atoms with Gasteiger partial charge in [-0.25, -0.2) is 4.98 Å². The predicted octanol–water partition coefficient (Wildman–Crippen LogP) is 2.56. The van der Waals surface area contributed by atoms with E-state index < -0.39 is 0 Å². The molecule has 1 amide bonds. The third kappa shape index (κ3) is 3.10. The number of piperidine rings is 1. The first-order chi connectivity index (χ1) is 13.8. The van der Waals surface area contributed by atoms with E-state index in [4.69, 9.17) is 0 Å². The number of aryl methyl sites for hydroxylation is 1. The van der Waals surface area contributed by atoms with Gasteiger partial charge in [-0.05, 0) is 49.8 Å². The highest BCUT2D eigenvalue weighted by molar-refractivity contribution is 5.94. The maximum atomic E-state index is 13.1. The minimum atomic E-state index is 0.0661. The Kier molecular flexibility index (Phi) is 4.43. The highest BCUT2D eigenvalue weighted by Gasteiger charge is 2.31. The molecule has 7 heteroatoms. The topological polar surface area (TPSA) is 79.7 Å². The van der Waals surface area contributed by atoms with Crippen LogP contribution in [0.3, 0.4) is 0 Å². The lowest BCUT2D eigenvalue weighted by atomic mass is 9.96. The summed E-state index contributed by atoms with van der Waals surface area (Å²) >= 11 is 0. The molecule has 0 bridgehead atoms. The highest BCUT2D eigenvalue weighted by Crippen LogP contribution is 2.29. The Hall–Kier alpha value is -2.96. The number of carbonyl (C=O) groups is 1. The molecule has 3 aromatic rings. The summed E-state index contributed by atoms with van der Waals surface area (Å²) in [4.78, 5) is 23.8. The Labute approximate surface area is 163 Å². The van der Waals surface area contributed by atoms with Crippen LogP contribution >= 0.6 is 0 Å². The number of aromatic amines is 1. The number of fused-ring (bicyclic) bond motifs is 1. The summed E-state index contributed by atoms with van der Waals surface area (Å²) in [5, 5.41) is 7.39. The van der Waals surface area contributed by atoms with Gasteiger partial charge in [-0.2, -0.15) is 5.10 Å². The third-order valence-corrected chi connectivity index (χ3v) is 5.93. The minimum Gasteiger partial charge on any atom is -0.337 e. The van der Waals surface area contributed by atoms with Gasteiger partial charge in [0.1, 0.15) is 5.82 Å². The molecule has 5 rings (SSSR count). The number of H-pyrrole nitrogens is 1. The molecule has 1 atom stereocenters. The van der Waals surface area contributed by atoms with Crippen molar-refractivity contribution in [2.75, 3.05) is 13.1 Å². The number of amides is 1. The average Bonchev–Trinajstić information content (AvgIpc) is 3.45. The van der Waals surface area contributed by atoms with Gasteiger partial charge in [0, 0.05) is 61.6 Å². The van der Waals surface area contributed by atoms with Gasteiger partial charge in [-0.15, -0.1) is 0 Å². The smallest absolute Gasteiger partial charge is 0.274 e. The fraction of sp³-hybridized carbons (Fsp3) is 0.429. The third-order valence-electron chi connectivity index (χ3n) is 5.93. The van der Waals surface area contributed by atoms with E-state index in [1.807, 2.05) is 41.8 Å². The van der Waals surface area contributed by atoms with Gasteiger partial charge in [-0.1, -0.05) is 0 Å². The van der Waals surface area contributed by atoms with Crippen LogP contribution in [0.2, 0.25) is 0 Å². The molecule has 4 heterocycles. The molecule has 1 saturated heterocycles. The molecule has 1 aliphatic heterocycles. The van der Waals surface area contributed by atoms with E-state index in [0.29, 0.717) is 12.2 Å². The van der Waals surface area contributed by atoms with Crippen LogP contribution < -0.4 is 0 Å². The van der Waals surface area contributed by atoms with E-state index in [9.17, 15) is 4.79 Å². The molecule has 1 N–H and O–H groups in total. The zero-order valence-corrected chi connectivity index (χ0v) is 15.8. The number of nitrogens with one attached hydrogen (secondary N) is 1. The van der Waals surface area contributed by atoms with Crippen molar-refractivity contribution in [3.05, 3.63) is 65.3 Å². The second-order valence-corrected chi connectivity index (χ2v) is 7.74. The van der Waals surface area contributed by atoms with Gasteiger partial charge in [0.15, 0.2) is 5.69 Å². The number of likely N-dealkylation sites (tertiary alicyclic amines) is 1. The molecular formula is C21H24N6O. The second-order valence-electron chi connectivity index (χ2n) is 7.74. The number of carbonyl (C=O) groups excluding carboxylic acids is 1. The Balaban J connectivity index is 1.34. The summed E-state index contributed by atoms with van der Waals surface area (Å²) in [6.07, 6.45) is 12.6. The summed E-state index contributed by atoms with van der Waals surface area (Å²) in [6.45, 7) is 2.27. The Morgan fingerprint density at radius 1 is 1.18 bits per heavy atom. The van der Waals surface area contributed by atoms with Gasteiger partial charge in [0.05, 0.1) is 0 Å². The number of rotatable bonds is 4. The number of imidazole rings is 1. The van der Waals surface area contributed by atoms with E-state index in [0.717, 1.165) is 62.3 Å². The van der Waals surface area contributed by atoms with Crippen molar-refractivity contribution < 1.29 is 4.79 Å². The van der Waals surface area contributed by atoms with Crippen molar-refractivity contribution in [3.8, 4) is 0 Å². The standard InChI is InChI=1S/C21H24N6O/c28-21(19-17-4-1-5-18(17)24-25-19)27-11-2-3-16(14-27)20-23-10-12-26(20)13-15-6-8-22-9-7-15/h6-10,12,16H,1-5,11,13-14H2,(H,24,25). The van der Waals surface area contributed by atoms with E-state index in [2.05, 4.69) is 24.7 Å². The SMILES string of the molecule is O=C(c1n[nH]c2c1CCC2)N1CCCC(c2nccn2Cc2ccncc2)C1. The summed E-state index contributed by atoms with van der Waals surface area (Å²) in [5.74, 6) is 1.37. The minimum absolute atomic E-state index is 0.0661. The fourth-order valence-electron chi connectivity index (χ4n) is 4.52. The molecule has 0 radical (unpaired) electrons. The van der Waals surface area contributed by atoms with Crippen molar-refractivity contribution in [1.29, 1.82) is 0 Å². The van der Waals surface area contributed by atoms with Gasteiger partial charge in [0.2, 0.25) is 0 Å². The van der Waals surface area contributed by atoms with E-state index in [1.165, 1.54) is 5.56 Å². The number of aromatic nitrogens is 5. The molecule has 1 aliphatic carbocycles. The van der Waals surface area contributed by atoms with Crippen LogP contribution in [-0.4, -0.2) is 48.6 Å². The zero-order valence-electron chi connectivity index (χ0n) is 15.8. The van der Waals surface area contributed by atoms with Gasteiger partial charge >= 0.3 is 0 Å². The van der Waals surface area contributed by atoms with Crippen LogP contribution in [0, 0.1) is 0 Å². The molecule has 144 valence electrons. The molecule has 3 aromatic heterocycles. The largest absolute Gasteiger partial charge is 0.337 e. The summed E-state index contributed by atoms with van der Waals surface area (Å²) in [5.41, 5.74) is 4.11. The maximum absolute atomic E-state index is 13.1. The van der Waals surface area contributed by atoms with Crippen LogP contribution in [0.15, 0.2) is 36.9 Å². The van der Waals surface area contributed by atoms with E-state index in [1.54, 1.807) is 0 Å². The summed E-state index contributed by atoms with van der Waals surface area (Å²) in [7, 11) is 0. The summed E-state index contributed by atoms with van der Waals surface area (Å²) in [6, 6.07) is 4.05. The van der Waals surface area contributed by atoms with Crippen molar-refractivity contribution in [1.82, 2.24) is 29.6 Å². The quantitative estimate of drug-likeness (QED) is 0.759. The van der Waals surface area contributed by atoms with Crippen molar-refractivity contribution in [3.63, 3.8) is 0 Å². The molecule has 7 nitrogen and oxygen atoms in total. The van der Waals surface area contributed by atoms with Crippen molar-refractivity contribution >= 4 is 5.91 Å². The molecular weight excluding hydrogens is 352 g/mol. The van der Waals surface area contributed by atoms with Gasteiger partial charge < -0.3 is 9.47 Å². The number of hydrogen-bond acceptors (Lipinski definition) is 4. The first kappa shape index (κ1) is 17.2. The van der Waals surface area contributed by atoms with E-state index >= 15 is 0 Å². The second kappa shape index (κ2) is 7.22. The van der Waals surface area contributed by atoms with Crippen molar-refractivity contribution in [2.24, 2.45) is 0 Å². The average molecular weight is 376 g/mol. The molecule has 1 unspecified atom stereocenters. The first-order valence-corrected chi connectivity index (χ1v) is 10.0. The molecule has 28 heavy (non-hydrogen) atoms. The lowest BCUT2D eigenvalue weighted by Gasteiger charge is -2.32. The zero-order chi connectivity index (χ0) is 18.9. The normalized spacial score (nSPS) is 19.0. The fourth-order valence-corrected chi connectivity index (χ4v) is 4.52. The summed E-state index contributed by atoms with van der Waals surface area (Å²) < 4.78 is 2.19. The lowest BCUT2D eigenvalue weighted by molar-refractivity contribution is 0.0696. The van der Waals surface area contributed by atoms with Crippen LogP contribution in [0.1, 0.15) is 58.3 Å². The van der Waals surface area contributed by atoms with Crippen LogP contribution in [0.5, 0.6) is 0 Å². The molecule has 0 saturated carbocycles. The maximum Gasteiger partial charge on any atom is 0.274 e. The Bertz CT molecular complexity index is 976. The number of hydrogen-bond donors (Lipinski definition) is 1. The van der Waals surface area contributed by atoms with Gasteiger partial charge in [-0.3, -0.25) is 14.9 Å². The van der Waals surface area contributed by atoms with Crippen LogP contribution in [0.4, 0.5) is 0 Å². The Morgan fingerprint density at radius 3 is 2.96 bits per heavy atom. The first-order valence-electron chi connectivity index (χ1n) is 10.0. The number of pyridine rings is 1. The lowest BCUT2D eigenvalue weighted by Crippen LogP contribution is -2.40. The molecule has 0 aromatic carbocycles. The van der Waals surface area contributed by atoms with Gasteiger partial charge in [0.25, 0.3) is 5.91 Å². The van der Waals surface area contributed by atoms with Crippen LogP contribution in [-0.2, 0) is 19.4 Å². The Morgan fingerprint density at radius 2 is 2.07 bits per heavy atom. The van der Waals surface area contributed by atoms with Crippen LogP contribution in [0.25, 0.3) is 0 Å².